The third-order valence-corrected chi connectivity index (χ3v) is 12.0. The van der Waals surface area contributed by atoms with E-state index in [0.29, 0.717) is 22.1 Å². The van der Waals surface area contributed by atoms with E-state index in [-0.39, 0.29) is 18.7 Å². The van der Waals surface area contributed by atoms with Crippen LogP contribution in [0.25, 0.3) is 0 Å². The van der Waals surface area contributed by atoms with E-state index in [1.165, 1.54) is 36.8 Å². The Balaban J connectivity index is 0.885. The van der Waals surface area contributed by atoms with Crippen molar-refractivity contribution >= 4 is 35.4 Å². The van der Waals surface area contributed by atoms with Gasteiger partial charge < -0.3 is 5.32 Å². The standard InChI is InChI=1S/C31H31N3O4S/c35-25-9-8-23(27(36)33-25)34-28(37)22-2-1-3-24(26(22)29(34)38)39-11-10-17-4-6-18(7-5-17)16-32-30-14-20-12-19-13-21(15-30)31(19,20)30/h1-7,19-21,23,32H,8-16H2,(H,33,35,36). The number of hydrogen-bond acceptors (Lipinski definition) is 6. The molecule has 4 saturated carbocycles. The van der Waals surface area contributed by atoms with Crippen LogP contribution < -0.4 is 10.6 Å². The topological polar surface area (TPSA) is 95.6 Å². The normalized spacial score (nSPS) is 35.1. The zero-order valence-corrected chi connectivity index (χ0v) is 22.5. The number of piperidine rings is 1. The van der Waals surface area contributed by atoms with Crippen molar-refractivity contribution in [2.24, 2.45) is 23.2 Å². The van der Waals surface area contributed by atoms with Crippen molar-refractivity contribution in [1.82, 2.24) is 15.5 Å². The summed E-state index contributed by atoms with van der Waals surface area (Å²) < 4.78 is 0. The average Bonchev–Trinajstić information content (AvgIpc) is 3.13. The second kappa shape index (κ2) is 8.27. The fraction of sp³-hybridized carbons (Fsp3) is 0.484. The van der Waals surface area contributed by atoms with Crippen molar-refractivity contribution in [3.63, 3.8) is 0 Å². The van der Waals surface area contributed by atoms with Gasteiger partial charge in [-0.3, -0.25) is 29.4 Å². The summed E-state index contributed by atoms with van der Waals surface area (Å²) in [7, 11) is 0. The first-order valence-corrected chi connectivity index (χ1v) is 15.2. The Kier molecular flexibility index (Phi) is 5.06. The molecule has 2 aliphatic heterocycles. The Morgan fingerprint density at radius 1 is 0.923 bits per heavy atom. The van der Waals surface area contributed by atoms with Gasteiger partial charge in [0, 0.05) is 29.2 Å². The predicted octanol–water partition coefficient (Wildman–Crippen LogP) is 3.70. The molecule has 2 N–H and O–H groups in total. The summed E-state index contributed by atoms with van der Waals surface area (Å²) in [6.45, 7) is 0.943. The zero-order chi connectivity index (χ0) is 26.5. The first-order valence-electron chi connectivity index (χ1n) is 14.2. The summed E-state index contributed by atoms with van der Waals surface area (Å²) in [5.74, 6) is 1.94. The summed E-state index contributed by atoms with van der Waals surface area (Å²) in [5.41, 5.74) is 4.42. The van der Waals surface area contributed by atoms with Crippen LogP contribution in [0.2, 0.25) is 0 Å². The Labute approximate surface area is 231 Å². The highest BCUT2D eigenvalue weighted by molar-refractivity contribution is 7.99. The number of carbonyl (C=O) groups is 4. The highest BCUT2D eigenvalue weighted by atomic mass is 32.2. The molecule has 2 aromatic carbocycles. The summed E-state index contributed by atoms with van der Waals surface area (Å²) in [5, 5.41) is 6.22. The Bertz CT molecular complexity index is 1430. The molecule has 2 aromatic rings. The Hall–Kier alpha value is -2.97. The van der Waals surface area contributed by atoms with Crippen molar-refractivity contribution in [2.45, 2.75) is 68.0 Å². The SMILES string of the molecule is O=C1CCC(N2C(=O)c3cccc(SCCc4ccc(CNC56CC7CC8CC(C5)C876)cc4)c3C2=O)C(=O)N1. The molecule has 3 unspecified atom stereocenters. The van der Waals surface area contributed by atoms with E-state index in [1.807, 2.05) is 6.07 Å². The van der Waals surface area contributed by atoms with E-state index in [2.05, 4.69) is 34.9 Å². The fourth-order valence-corrected chi connectivity index (χ4v) is 10.3. The zero-order valence-electron chi connectivity index (χ0n) is 21.7. The number of nitrogens with one attached hydrogen (secondary N) is 2. The second-order valence-corrected chi connectivity index (χ2v) is 13.5. The second-order valence-electron chi connectivity index (χ2n) is 12.4. The van der Waals surface area contributed by atoms with Crippen LogP contribution >= 0.6 is 11.8 Å². The molecule has 8 heteroatoms. The molecular formula is C31H31N3O4S. The van der Waals surface area contributed by atoms with E-state index in [4.69, 9.17) is 0 Å². The van der Waals surface area contributed by atoms with Crippen LogP contribution in [0.15, 0.2) is 47.4 Å². The van der Waals surface area contributed by atoms with E-state index < -0.39 is 23.8 Å². The van der Waals surface area contributed by atoms with Crippen LogP contribution in [-0.4, -0.2) is 45.9 Å². The van der Waals surface area contributed by atoms with E-state index in [0.717, 1.165) is 46.3 Å². The van der Waals surface area contributed by atoms with Crippen LogP contribution in [0.1, 0.15) is 70.4 Å². The third kappa shape index (κ3) is 3.10. The van der Waals surface area contributed by atoms with Gasteiger partial charge in [-0.1, -0.05) is 30.3 Å². The molecule has 0 bridgehead atoms. The average molecular weight is 542 g/mol. The lowest BCUT2D eigenvalue weighted by atomic mass is 9.15. The number of thioether (sulfide) groups is 1. The van der Waals surface area contributed by atoms with Crippen LogP contribution in [0, 0.1) is 23.2 Å². The van der Waals surface area contributed by atoms with Crippen molar-refractivity contribution < 1.29 is 19.2 Å². The molecule has 4 aliphatic carbocycles. The maximum Gasteiger partial charge on any atom is 0.263 e. The third-order valence-electron chi connectivity index (χ3n) is 10.9. The van der Waals surface area contributed by atoms with E-state index >= 15 is 0 Å². The van der Waals surface area contributed by atoms with Crippen molar-refractivity contribution in [2.75, 3.05) is 5.75 Å². The predicted molar refractivity (Wildman–Crippen MR) is 145 cm³/mol. The minimum atomic E-state index is -0.944. The largest absolute Gasteiger partial charge is 0.307 e. The van der Waals surface area contributed by atoms with Gasteiger partial charge >= 0.3 is 0 Å². The molecule has 39 heavy (non-hydrogen) atoms. The Morgan fingerprint density at radius 3 is 2.36 bits per heavy atom. The number of amides is 4. The molecule has 0 aromatic heterocycles. The highest BCUT2D eigenvalue weighted by Crippen LogP contribution is 2.89. The minimum absolute atomic E-state index is 0.114. The lowest BCUT2D eigenvalue weighted by Crippen LogP contribution is -2.92. The van der Waals surface area contributed by atoms with Gasteiger partial charge in [-0.2, -0.15) is 0 Å². The number of benzene rings is 2. The van der Waals surface area contributed by atoms with Gasteiger partial charge in [0.1, 0.15) is 6.04 Å². The minimum Gasteiger partial charge on any atom is -0.307 e. The quantitative estimate of drug-likeness (QED) is 0.391. The van der Waals surface area contributed by atoms with Gasteiger partial charge in [-0.05, 0) is 85.0 Å². The van der Waals surface area contributed by atoms with Gasteiger partial charge in [0.25, 0.3) is 11.8 Å². The van der Waals surface area contributed by atoms with Gasteiger partial charge in [0.15, 0.2) is 0 Å². The first-order chi connectivity index (χ1) is 18.9. The molecule has 4 amide bonds. The smallest absolute Gasteiger partial charge is 0.263 e. The number of carbonyl (C=O) groups excluding carboxylic acids is 4. The summed E-state index contributed by atoms with van der Waals surface area (Å²) in [6, 6.07) is 13.2. The molecule has 5 fully saturated rings. The first kappa shape index (κ1) is 23.9. The maximum atomic E-state index is 13.3. The van der Waals surface area contributed by atoms with Crippen LogP contribution in [-0.2, 0) is 22.6 Å². The highest BCUT2D eigenvalue weighted by Gasteiger charge is 2.87. The molecule has 200 valence electrons. The maximum absolute atomic E-state index is 13.3. The number of hydrogen-bond donors (Lipinski definition) is 2. The van der Waals surface area contributed by atoms with Crippen molar-refractivity contribution in [1.29, 1.82) is 0 Å². The Morgan fingerprint density at radius 2 is 1.67 bits per heavy atom. The fourth-order valence-electron chi connectivity index (χ4n) is 9.21. The molecule has 1 spiro atoms. The molecule has 2 heterocycles. The summed E-state index contributed by atoms with van der Waals surface area (Å²) in [6.07, 6.45) is 6.87. The number of nitrogens with zero attached hydrogens (tertiary/aromatic N) is 1. The number of rotatable bonds is 8. The van der Waals surface area contributed by atoms with Crippen LogP contribution in [0.3, 0.4) is 0 Å². The molecule has 8 rings (SSSR count). The van der Waals surface area contributed by atoms with Gasteiger partial charge in [0.05, 0.1) is 11.1 Å². The van der Waals surface area contributed by atoms with Crippen molar-refractivity contribution in [3.05, 3.63) is 64.7 Å². The summed E-state index contributed by atoms with van der Waals surface area (Å²) in [4.78, 5) is 52.0. The van der Waals surface area contributed by atoms with Gasteiger partial charge in [-0.15, -0.1) is 11.8 Å². The molecule has 0 radical (unpaired) electrons. The van der Waals surface area contributed by atoms with E-state index in [1.54, 1.807) is 23.9 Å². The van der Waals surface area contributed by atoms with Crippen molar-refractivity contribution in [3.8, 4) is 0 Å². The molecular weight excluding hydrogens is 510 g/mol. The number of aryl methyl sites for hydroxylation is 1. The number of imide groups is 2. The van der Waals surface area contributed by atoms with Gasteiger partial charge in [-0.25, -0.2) is 0 Å². The molecule has 1 saturated heterocycles. The molecule has 3 atom stereocenters. The van der Waals surface area contributed by atoms with Crippen LogP contribution in [0.4, 0.5) is 0 Å². The summed E-state index contributed by atoms with van der Waals surface area (Å²) >= 11 is 1.56. The molecule has 6 aliphatic rings. The monoisotopic (exact) mass is 541 g/mol. The number of fused-ring (bicyclic) bond motifs is 1. The van der Waals surface area contributed by atoms with Crippen LogP contribution in [0.5, 0.6) is 0 Å². The lowest BCUT2D eigenvalue weighted by molar-refractivity contribution is -0.397. The lowest BCUT2D eigenvalue weighted by Gasteiger charge is -2.91. The van der Waals surface area contributed by atoms with E-state index in [9.17, 15) is 19.2 Å². The molecule has 7 nitrogen and oxygen atoms in total. The van der Waals surface area contributed by atoms with Gasteiger partial charge in [0.2, 0.25) is 11.8 Å².